The van der Waals surface area contributed by atoms with Crippen molar-refractivity contribution < 1.29 is 9.53 Å². The number of ether oxygens (including phenoxy) is 1. The van der Waals surface area contributed by atoms with E-state index in [4.69, 9.17) is 4.74 Å². The summed E-state index contributed by atoms with van der Waals surface area (Å²) in [7, 11) is 0. The zero-order valence-electron chi connectivity index (χ0n) is 13.9. The van der Waals surface area contributed by atoms with Gasteiger partial charge in [0.1, 0.15) is 5.60 Å². The second-order valence-electron chi connectivity index (χ2n) is 7.06. The molecule has 1 aromatic rings. The molecule has 0 saturated heterocycles. The molecule has 0 spiro atoms. The van der Waals surface area contributed by atoms with Gasteiger partial charge >= 0.3 is 6.09 Å². The Bertz CT molecular complexity index is 464. The molecule has 0 aromatic heterocycles. The van der Waals surface area contributed by atoms with Crippen LogP contribution in [-0.4, -0.2) is 24.8 Å². The third-order valence-corrected chi connectivity index (χ3v) is 3.90. The summed E-state index contributed by atoms with van der Waals surface area (Å²) in [6.45, 7) is 7.37. The highest BCUT2D eigenvalue weighted by atomic mass is 16.6. The van der Waals surface area contributed by atoms with Gasteiger partial charge in [-0.05, 0) is 51.6 Å². The highest BCUT2D eigenvalue weighted by Gasteiger charge is 2.21. The van der Waals surface area contributed by atoms with E-state index in [1.807, 2.05) is 51.1 Å². The Morgan fingerprint density at radius 1 is 1.27 bits per heavy atom. The topological polar surface area (TPSA) is 50.4 Å². The van der Waals surface area contributed by atoms with Gasteiger partial charge in [-0.25, -0.2) is 4.79 Å². The maximum Gasteiger partial charge on any atom is 0.408 e. The van der Waals surface area contributed by atoms with Crippen LogP contribution in [0.3, 0.4) is 0 Å². The first-order valence-corrected chi connectivity index (χ1v) is 8.19. The lowest BCUT2D eigenvalue weighted by molar-refractivity contribution is 0.0502. The Kier molecular flexibility index (Phi) is 5.83. The van der Waals surface area contributed by atoms with Crippen molar-refractivity contribution in [3.8, 4) is 0 Å². The molecule has 1 aliphatic rings. The predicted molar refractivity (Wildman–Crippen MR) is 88.8 cm³/mol. The van der Waals surface area contributed by atoms with Crippen LogP contribution in [-0.2, 0) is 4.74 Å². The fraction of sp³-hybridized carbons (Fsp3) is 0.611. The second-order valence-corrected chi connectivity index (χ2v) is 7.06. The molecule has 2 rings (SSSR count). The standard InChI is InChI=1S/C18H28N2O2/c1-18(2,3)22-17(21)20-16(15-10-5-4-6-11-15)13-19-12-14-8-7-9-14/h4-6,10-11,14,16,19H,7-9,12-13H2,1-3H3,(H,20,21). The fourth-order valence-corrected chi connectivity index (χ4v) is 2.52. The molecule has 1 fully saturated rings. The summed E-state index contributed by atoms with van der Waals surface area (Å²) >= 11 is 0. The maximum absolute atomic E-state index is 12.0. The van der Waals surface area contributed by atoms with Crippen molar-refractivity contribution in [2.75, 3.05) is 13.1 Å². The molecule has 4 heteroatoms. The van der Waals surface area contributed by atoms with Crippen LogP contribution in [0.1, 0.15) is 51.6 Å². The number of carbonyl (C=O) groups excluding carboxylic acids is 1. The van der Waals surface area contributed by atoms with Crippen LogP contribution in [0, 0.1) is 5.92 Å². The SMILES string of the molecule is CC(C)(C)OC(=O)NC(CNCC1CCC1)c1ccccc1. The molecule has 22 heavy (non-hydrogen) atoms. The van der Waals surface area contributed by atoms with Gasteiger partial charge in [-0.1, -0.05) is 36.8 Å². The van der Waals surface area contributed by atoms with Crippen molar-refractivity contribution in [1.29, 1.82) is 0 Å². The lowest BCUT2D eigenvalue weighted by Crippen LogP contribution is -2.40. The normalized spacial score (nSPS) is 16.7. The molecule has 0 heterocycles. The number of amides is 1. The molecule has 4 nitrogen and oxygen atoms in total. The Morgan fingerprint density at radius 3 is 2.50 bits per heavy atom. The summed E-state index contributed by atoms with van der Waals surface area (Å²) in [4.78, 5) is 12.0. The Hall–Kier alpha value is -1.55. The van der Waals surface area contributed by atoms with Crippen molar-refractivity contribution in [2.24, 2.45) is 5.92 Å². The molecule has 1 aromatic carbocycles. The minimum absolute atomic E-state index is 0.0730. The molecule has 0 radical (unpaired) electrons. The third-order valence-electron chi connectivity index (χ3n) is 3.90. The highest BCUT2D eigenvalue weighted by molar-refractivity contribution is 5.68. The Balaban J connectivity index is 1.90. The van der Waals surface area contributed by atoms with E-state index in [-0.39, 0.29) is 12.1 Å². The van der Waals surface area contributed by atoms with Gasteiger partial charge in [0.05, 0.1) is 6.04 Å². The number of alkyl carbamates (subject to hydrolysis) is 1. The monoisotopic (exact) mass is 304 g/mol. The van der Waals surface area contributed by atoms with Crippen LogP contribution in [0.2, 0.25) is 0 Å². The lowest BCUT2D eigenvalue weighted by atomic mass is 9.85. The van der Waals surface area contributed by atoms with Gasteiger partial charge in [-0.2, -0.15) is 0 Å². The molecule has 1 aliphatic carbocycles. The van der Waals surface area contributed by atoms with Gasteiger partial charge in [0.25, 0.3) is 0 Å². The number of hydrogen-bond acceptors (Lipinski definition) is 3. The molecule has 1 amide bonds. The maximum atomic E-state index is 12.0. The minimum atomic E-state index is -0.481. The molecule has 1 unspecified atom stereocenters. The Labute approximate surface area is 133 Å². The van der Waals surface area contributed by atoms with E-state index in [1.165, 1.54) is 19.3 Å². The summed E-state index contributed by atoms with van der Waals surface area (Å²) in [5, 5.41) is 6.46. The molecule has 0 aliphatic heterocycles. The van der Waals surface area contributed by atoms with Crippen molar-refractivity contribution >= 4 is 6.09 Å². The van der Waals surface area contributed by atoms with Crippen molar-refractivity contribution in [3.63, 3.8) is 0 Å². The summed E-state index contributed by atoms with van der Waals surface area (Å²) in [5.74, 6) is 0.804. The molecular formula is C18H28N2O2. The smallest absolute Gasteiger partial charge is 0.408 e. The fourth-order valence-electron chi connectivity index (χ4n) is 2.52. The largest absolute Gasteiger partial charge is 0.444 e. The number of rotatable bonds is 6. The van der Waals surface area contributed by atoms with Crippen LogP contribution >= 0.6 is 0 Å². The molecule has 1 saturated carbocycles. The van der Waals surface area contributed by atoms with Gasteiger partial charge in [0, 0.05) is 6.54 Å². The summed E-state index contributed by atoms with van der Waals surface area (Å²) in [5.41, 5.74) is 0.611. The van der Waals surface area contributed by atoms with E-state index in [0.29, 0.717) is 0 Å². The zero-order chi connectivity index (χ0) is 16.0. The molecular weight excluding hydrogens is 276 g/mol. The van der Waals surface area contributed by atoms with Gasteiger partial charge in [-0.15, -0.1) is 0 Å². The van der Waals surface area contributed by atoms with Crippen LogP contribution in [0.4, 0.5) is 4.79 Å². The number of nitrogens with one attached hydrogen (secondary N) is 2. The molecule has 0 bridgehead atoms. The average molecular weight is 304 g/mol. The van der Waals surface area contributed by atoms with Crippen LogP contribution in [0.5, 0.6) is 0 Å². The average Bonchev–Trinajstić information content (AvgIpc) is 2.39. The number of hydrogen-bond donors (Lipinski definition) is 2. The summed E-state index contributed by atoms with van der Waals surface area (Å²) < 4.78 is 5.37. The summed E-state index contributed by atoms with van der Waals surface area (Å²) in [6.07, 6.45) is 3.63. The van der Waals surface area contributed by atoms with Gasteiger partial charge < -0.3 is 15.4 Å². The molecule has 1 atom stereocenters. The van der Waals surface area contributed by atoms with E-state index in [0.717, 1.165) is 24.6 Å². The van der Waals surface area contributed by atoms with E-state index in [9.17, 15) is 4.79 Å². The number of benzene rings is 1. The first-order valence-electron chi connectivity index (χ1n) is 8.19. The van der Waals surface area contributed by atoms with Crippen molar-refractivity contribution in [2.45, 2.75) is 51.7 Å². The van der Waals surface area contributed by atoms with Gasteiger partial charge in [0.15, 0.2) is 0 Å². The second kappa shape index (κ2) is 7.63. The summed E-state index contributed by atoms with van der Waals surface area (Å²) in [6, 6.07) is 9.96. The Morgan fingerprint density at radius 2 is 1.95 bits per heavy atom. The van der Waals surface area contributed by atoms with Gasteiger partial charge in [-0.3, -0.25) is 0 Å². The quantitative estimate of drug-likeness (QED) is 0.843. The highest BCUT2D eigenvalue weighted by Crippen LogP contribution is 2.25. The van der Waals surface area contributed by atoms with Gasteiger partial charge in [0.2, 0.25) is 0 Å². The minimum Gasteiger partial charge on any atom is -0.444 e. The van der Waals surface area contributed by atoms with E-state index in [2.05, 4.69) is 10.6 Å². The lowest BCUT2D eigenvalue weighted by Gasteiger charge is -2.28. The van der Waals surface area contributed by atoms with E-state index >= 15 is 0 Å². The first kappa shape index (κ1) is 16.8. The van der Waals surface area contributed by atoms with Crippen LogP contribution < -0.4 is 10.6 Å². The van der Waals surface area contributed by atoms with E-state index in [1.54, 1.807) is 0 Å². The van der Waals surface area contributed by atoms with Crippen LogP contribution in [0.15, 0.2) is 30.3 Å². The predicted octanol–water partition coefficient (Wildman–Crippen LogP) is 3.64. The first-order chi connectivity index (χ1) is 10.4. The number of carbonyl (C=O) groups is 1. The van der Waals surface area contributed by atoms with Crippen molar-refractivity contribution in [1.82, 2.24) is 10.6 Å². The third kappa shape index (κ3) is 5.68. The van der Waals surface area contributed by atoms with Crippen molar-refractivity contribution in [3.05, 3.63) is 35.9 Å². The van der Waals surface area contributed by atoms with Crippen LogP contribution in [0.25, 0.3) is 0 Å². The molecule has 2 N–H and O–H groups in total. The zero-order valence-corrected chi connectivity index (χ0v) is 13.9. The molecule has 122 valence electrons. The van der Waals surface area contributed by atoms with E-state index < -0.39 is 5.60 Å².